The highest BCUT2D eigenvalue weighted by atomic mass is 16.6. The number of nitrogens with one attached hydrogen (secondary N) is 1. The summed E-state index contributed by atoms with van der Waals surface area (Å²) >= 11 is 0. The van der Waals surface area contributed by atoms with E-state index in [9.17, 15) is 14.9 Å². The molecule has 0 spiro atoms. The number of non-ortho nitro benzene ring substituents is 1. The van der Waals surface area contributed by atoms with E-state index in [1.807, 2.05) is 0 Å². The van der Waals surface area contributed by atoms with Crippen LogP contribution in [0.25, 0.3) is 0 Å². The topological polar surface area (TPSA) is 75.5 Å². The monoisotopic (exact) mass is 289 g/mol. The molecule has 0 aliphatic carbocycles. The van der Waals surface area contributed by atoms with Crippen LogP contribution in [0.1, 0.15) is 24.8 Å². The van der Waals surface area contributed by atoms with Gasteiger partial charge in [-0.15, -0.1) is 0 Å². The molecule has 1 fully saturated rings. The van der Waals surface area contributed by atoms with Crippen LogP contribution in [-0.4, -0.2) is 30.5 Å². The Kier molecular flexibility index (Phi) is 3.88. The van der Waals surface area contributed by atoms with E-state index in [1.54, 1.807) is 11.0 Å². The van der Waals surface area contributed by atoms with Gasteiger partial charge in [-0.25, -0.2) is 0 Å². The number of hydrogen-bond acceptors (Lipinski definition) is 4. The lowest BCUT2D eigenvalue weighted by Gasteiger charge is -2.18. The maximum Gasteiger partial charge on any atom is 0.271 e. The summed E-state index contributed by atoms with van der Waals surface area (Å²) < 4.78 is 0. The third-order valence-corrected chi connectivity index (χ3v) is 4.41. The average molecular weight is 289 g/mol. The van der Waals surface area contributed by atoms with Crippen LogP contribution >= 0.6 is 0 Å². The van der Waals surface area contributed by atoms with Gasteiger partial charge in [0.1, 0.15) is 0 Å². The van der Waals surface area contributed by atoms with E-state index in [0.29, 0.717) is 18.9 Å². The molecule has 1 atom stereocenters. The van der Waals surface area contributed by atoms with E-state index in [2.05, 4.69) is 5.32 Å². The zero-order valence-electron chi connectivity index (χ0n) is 11.9. The molecule has 1 aromatic rings. The van der Waals surface area contributed by atoms with Gasteiger partial charge in [0.2, 0.25) is 5.91 Å². The van der Waals surface area contributed by atoms with Crippen molar-refractivity contribution in [3.05, 3.63) is 33.9 Å². The molecule has 6 nitrogen and oxygen atoms in total. The highest BCUT2D eigenvalue weighted by molar-refractivity contribution is 5.95. The minimum Gasteiger partial charge on any atom is -0.316 e. The number of nitrogens with zero attached hydrogens (tertiary/aromatic N) is 2. The second-order valence-corrected chi connectivity index (χ2v) is 5.76. The maximum atomic E-state index is 12.4. The molecule has 3 rings (SSSR count). The molecule has 1 saturated heterocycles. The van der Waals surface area contributed by atoms with E-state index in [-0.39, 0.29) is 11.6 Å². The standard InChI is InChI=1S/C15H19N3O3/c19-15(4-1-11-5-7-16-10-11)17-8-6-12-2-3-13(18(20)21)9-14(12)17/h2-3,9,11,16H,1,4-8,10H2. The molecule has 1 aromatic carbocycles. The third kappa shape index (κ3) is 2.90. The van der Waals surface area contributed by atoms with Crippen LogP contribution in [0.2, 0.25) is 0 Å². The van der Waals surface area contributed by atoms with E-state index in [0.717, 1.165) is 43.6 Å². The number of nitro groups is 1. The number of nitro benzene ring substituents is 1. The van der Waals surface area contributed by atoms with Gasteiger partial charge in [-0.3, -0.25) is 14.9 Å². The van der Waals surface area contributed by atoms with Crippen LogP contribution in [0.15, 0.2) is 18.2 Å². The van der Waals surface area contributed by atoms with Gasteiger partial charge < -0.3 is 10.2 Å². The van der Waals surface area contributed by atoms with Gasteiger partial charge in [-0.1, -0.05) is 6.07 Å². The summed E-state index contributed by atoms with van der Waals surface area (Å²) in [7, 11) is 0. The van der Waals surface area contributed by atoms with E-state index >= 15 is 0 Å². The summed E-state index contributed by atoms with van der Waals surface area (Å²) in [6.07, 6.45) is 3.33. The number of rotatable bonds is 4. The SMILES string of the molecule is O=C(CCC1CCNC1)N1CCc2ccc([N+](=O)[O-])cc21. The highest BCUT2D eigenvalue weighted by Crippen LogP contribution is 2.32. The lowest BCUT2D eigenvalue weighted by Crippen LogP contribution is -2.29. The number of anilines is 1. The number of carbonyl (C=O) groups is 1. The van der Waals surface area contributed by atoms with Crippen LogP contribution in [0.5, 0.6) is 0 Å². The summed E-state index contributed by atoms with van der Waals surface area (Å²) in [4.78, 5) is 24.6. The molecule has 21 heavy (non-hydrogen) atoms. The first-order chi connectivity index (χ1) is 10.1. The van der Waals surface area contributed by atoms with Gasteiger partial charge in [0.15, 0.2) is 0 Å². The Hall–Kier alpha value is -1.95. The fourth-order valence-corrected chi connectivity index (χ4v) is 3.16. The summed E-state index contributed by atoms with van der Waals surface area (Å²) in [6.45, 7) is 2.67. The zero-order chi connectivity index (χ0) is 14.8. The zero-order valence-corrected chi connectivity index (χ0v) is 11.9. The molecule has 0 bridgehead atoms. The largest absolute Gasteiger partial charge is 0.316 e. The first kappa shape index (κ1) is 14.0. The van der Waals surface area contributed by atoms with Gasteiger partial charge >= 0.3 is 0 Å². The molecule has 112 valence electrons. The molecule has 0 saturated carbocycles. The molecule has 0 radical (unpaired) electrons. The molecule has 0 aromatic heterocycles. The van der Waals surface area contributed by atoms with Gasteiger partial charge in [-0.2, -0.15) is 0 Å². The van der Waals surface area contributed by atoms with Crippen molar-refractivity contribution < 1.29 is 9.72 Å². The molecule has 1 N–H and O–H groups in total. The van der Waals surface area contributed by atoms with Crippen molar-refractivity contribution in [1.82, 2.24) is 5.32 Å². The fraction of sp³-hybridized carbons (Fsp3) is 0.533. The van der Waals surface area contributed by atoms with Gasteiger partial charge in [-0.05, 0) is 43.8 Å². The number of amides is 1. The van der Waals surface area contributed by atoms with Crippen LogP contribution < -0.4 is 10.2 Å². The second kappa shape index (κ2) is 5.81. The first-order valence-corrected chi connectivity index (χ1v) is 7.43. The number of benzene rings is 1. The van der Waals surface area contributed by atoms with E-state index in [4.69, 9.17) is 0 Å². The minimum absolute atomic E-state index is 0.0495. The van der Waals surface area contributed by atoms with Crippen molar-refractivity contribution in [2.24, 2.45) is 5.92 Å². The average Bonchev–Trinajstić information content (AvgIpc) is 3.13. The summed E-state index contributed by atoms with van der Waals surface area (Å²) in [5.74, 6) is 0.669. The molecule has 1 amide bonds. The van der Waals surface area contributed by atoms with Crippen molar-refractivity contribution in [3.8, 4) is 0 Å². The summed E-state index contributed by atoms with van der Waals surface area (Å²) in [5.41, 5.74) is 1.80. The van der Waals surface area contributed by atoms with Crippen molar-refractivity contribution >= 4 is 17.3 Å². The fourth-order valence-electron chi connectivity index (χ4n) is 3.16. The molecule has 1 unspecified atom stereocenters. The van der Waals surface area contributed by atoms with Gasteiger partial charge in [0.05, 0.1) is 10.6 Å². The normalized spacial score (nSPS) is 20.6. The number of fused-ring (bicyclic) bond motifs is 1. The molecular weight excluding hydrogens is 270 g/mol. The lowest BCUT2D eigenvalue weighted by molar-refractivity contribution is -0.384. The van der Waals surface area contributed by atoms with Gasteiger partial charge in [0, 0.05) is 25.1 Å². The molecule has 6 heteroatoms. The highest BCUT2D eigenvalue weighted by Gasteiger charge is 2.27. The second-order valence-electron chi connectivity index (χ2n) is 5.76. The smallest absolute Gasteiger partial charge is 0.271 e. The van der Waals surface area contributed by atoms with Crippen molar-refractivity contribution in [3.63, 3.8) is 0 Å². The summed E-state index contributed by atoms with van der Waals surface area (Å²) in [5, 5.41) is 14.2. The lowest BCUT2D eigenvalue weighted by atomic mass is 10.0. The number of hydrogen-bond donors (Lipinski definition) is 1. The Morgan fingerprint density at radius 3 is 3.05 bits per heavy atom. The Balaban J connectivity index is 1.68. The summed E-state index contributed by atoms with van der Waals surface area (Å²) in [6, 6.07) is 4.80. The van der Waals surface area contributed by atoms with Crippen molar-refractivity contribution in [1.29, 1.82) is 0 Å². The number of carbonyl (C=O) groups excluding carboxylic acids is 1. The van der Waals surface area contributed by atoms with Crippen LogP contribution in [0.3, 0.4) is 0 Å². The molecular formula is C15H19N3O3. The Labute approximate surface area is 123 Å². The van der Waals surface area contributed by atoms with E-state index < -0.39 is 4.92 Å². The predicted octanol–water partition coefficient (Wildman–Crippen LogP) is 1.87. The van der Waals surface area contributed by atoms with Gasteiger partial charge in [0.25, 0.3) is 5.69 Å². The van der Waals surface area contributed by atoms with Crippen molar-refractivity contribution in [2.45, 2.75) is 25.7 Å². The Bertz CT molecular complexity index is 567. The predicted molar refractivity (Wildman–Crippen MR) is 79.4 cm³/mol. The molecule has 2 aliphatic rings. The minimum atomic E-state index is -0.411. The Morgan fingerprint density at radius 2 is 2.33 bits per heavy atom. The third-order valence-electron chi connectivity index (χ3n) is 4.41. The van der Waals surface area contributed by atoms with Crippen LogP contribution in [0.4, 0.5) is 11.4 Å². The molecule has 2 aliphatic heterocycles. The first-order valence-electron chi connectivity index (χ1n) is 7.43. The van der Waals surface area contributed by atoms with Crippen LogP contribution in [-0.2, 0) is 11.2 Å². The van der Waals surface area contributed by atoms with Crippen LogP contribution in [0, 0.1) is 16.0 Å². The van der Waals surface area contributed by atoms with Crippen molar-refractivity contribution in [2.75, 3.05) is 24.5 Å². The maximum absolute atomic E-state index is 12.4. The van der Waals surface area contributed by atoms with E-state index in [1.165, 1.54) is 12.1 Å². The molecule has 2 heterocycles. The Morgan fingerprint density at radius 1 is 1.48 bits per heavy atom. The quantitative estimate of drug-likeness (QED) is 0.678.